The number of benzene rings is 1. The number of halogens is 2. The van der Waals surface area contributed by atoms with Crippen LogP contribution in [-0.4, -0.2) is 4.57 Å². The molecule has 88 valence electrons. The van der Waals surface area contributed by atoms with Gasteiger partial charge in [-0.25, -0.2) is 4.39 Å². The van der Waals surface area contributed by atoms with Gasteiger partial charge in [-0.3, -0.25) is 4.79 Å². The van der Waals surface area contributed by atoms with Crippen LogP contribution in [-0.2, 0) is 6.54 Å². The summed E-state index contributed by atoms with van der Waals surface area (Å²) in [6.45, 7) is 0.162. The average molecular weight is 297 g/mol. The normalized spacial score (nSPS) is 10.5. The van der Waals surface area contributed by atoms with Crippen LogP contribution in [0.2, 0.25) is 0 Å². The fourth-order valence-corrected chi connectivity index (χ4v) is 1.92. The van der Waals surface area contributed by atoms with E-state index in [2.05, 4.69) is 15.9 Å². The smallest absolute Gasteiger partial charge is 0.265 e. The SMILES string of the molecule is Nc1cccc(Cn2cccc(Br)c2=O)c1F. The summed E-state index contributed by atoms with van der Waals surface area (Å²) in [4.78, 5) is 11.7. The molecule has 2 rings (SSSR count). The second-order valence-electron chi connectivity index (χ2n) is 3.61. The fraction of sp³-hybridized carbons (Fsp3) is 0.0833. The number of nitrogens with two attached hydrogens (primary N) is 1. The molecule has 0 radical (unpaired) electrons. The maximum Gasteiger partial charge on any atom is 0.265 e. The number of nitrogens with zero attached hydrogens (tertiary/aromatic N) is 1. The summed E-state index contributed by atoms with van der Waals surface area (Å²) in [5.74, 6) is -0.473. The minimum Gasteiger partial charge on any atom is -0.396 e. The predicted molar refractivity (Wildman–Crippen MR) is 68.3 cm³/mol. The lowest BCUT2D eigenvalue weighted by molar-refractivity contribution is 0.600. The average Bonchev–Trinajstić information content (AvgIpc) is 2.31. The molecule has 0 aliphatic rings. The number of anilines is 1. The lowest BCUT2D eigenvalue weighted by atomic mass is 10.2. The van der Waals surface area contributed by atoms with Crippen molar-refractivity contribution in [2.75, 3.05) is 5.73 Å². The van der Waals surface area contributed by atoms with Crippen LogP contribution >= 0.6 is 15.9 Å². The highest BCUT2D eigenvalue weighted by Crippen LogP contribution is 2.15. The Labute approximate surface area is 106 Å². The van der Waals surface area contributed by atoms with Gasteiger partial charge in [-0.2, -0.15) is 0 Å². The van der Waals surface area contributed by atoms with E-state index < -0.39 is 5.82 Å². The van der Waals surface area contributed by atoms with Crippen molar-refractivity contribution >= 4 is 21.6 Å². The Bertz CT molecular complexity index is 610. The van der Waals surface area contributed by atoms with Gasteiger partial charge >= 0.3 is 0 Å². The summed E-state index contributed by atoms with van der Waals surface area (Å²) in [6.07, 6.45) is 1.61. The van der Waals surface area contributed by atoms with Crippen molar-refractivity contribution in [1.29, 1.82) is 0 Å². The van der Waals surface area contributed by atoms with Gasteiger partial charge in [-0.15, -0.1) is 0 Å². The van der Waals surface area contributed by atoms with Crippen LogP contribution in [0.25, 0.3) is 0 Å². The quantitative estimate of drug-likeness (QED) is 0.865. The van der Waals surface area contributed by atoms with Crippen LogP contribution in [0, 0.1) is 5.82 Å². The number of pyridine rings is 1. The fourth-order valence-electron chi connectivity index (χ4n) is 1.54. The molecule has 0 spiro atoms. The third kappa shape index (κ3) is 2.39. The molecule has 0 amide bonds. The van der Waals surface area contributed by atoms with Crippen LogP contribution in [0.1, 0.15) is 5.56 Å². The molecule has 2 N–H and O–H groups in total. The molecule has 0 bridgehead atoms. The molecule has 0 fully saturated rings. The molecule has 0 saturated heterocycles. The number of nitrogen functional groups attached to an aromatic ring is 1. The summed E-state index contributed by atoms with van der Waals surface area (Å²) in [5.41, 5.74) is 5.75. The molecular weight excluding hydrogens is 287 g/mol. The molecular formula is C12H10BrFN2O. The Hall–Kier alpha value is -1.62. The van der Waals surface area contributed by atoms with Crippen molar-refractivity contribution in [1.82, 2.24) is 4.57 Å². The van der Waals surface area contributed by atoms with Crippen LogP contribution < -0.4 is 11.3 Å². The maximum atomic E-state index is 13.7. The Morgan fingerprint density at radius 3 is 2.82 bits per heavy atom. The molecule has 3 nitrogen and oxygen atoms in total. The first-order chi connectivity index (χ1) is 8.09. The molecule has 0 unspecified atom stereocenters. The van der Waals surface area contributed by atoms with E-state index in [4.69, 9.17) is 5.73 Å². The topological polar surface area (TPSA) is 48.0 Å². The van der Waals surface area contributed by atoms with Gasteiger partial charge in [-0.05, 0) is 34.1 Å². The molecule has 0 aliphatic carbocycles. The van der Waals surface area contributed by atoms with Crippen molar-refractivity contribution < 1.29 is 4.39 Å². The second kappa shape index (κ2) is 4.71. The molecule has 5 heteroatoms. The highest BCUT2D eigenvalue weighted by atomic mass is 79.9. The summed E-state index contributed by atoms with van der Waals surface area (Å²) < 4.78 is 15.5. The van der Waals surface area contributed by atoms with Crippen LogP contribution in [0.5, 0.6) is 0 Å². The summed E-state index contributed by atoms with van der Waals surface area (Å²) in [6, 6.07) is 8.13. The third-order valence-electron chi connectivity index (χ3n) is 2.42. The third-order valence-corrected chi connectivity index (χ3v) is 3.03. The van der Waals surface area contributed by atoms with E-state index in [0.29, 0.717) is 10.0 Å². The molecule has 17 heavy (non-hydrogen) atoms. The first-order valence-corrected chi connectivity index (χ1v) is 5.76. The van der Waals surface area contributed by atoms with E-state index in [-0.39, 0.29) is 17.8 Å². The second-order valence-corrected chi connectivity index (χ2v) is 4.46. The van der Waals surface area contributed by atoms with E-state index in [1.165, 1.54) is 10.6 Å². The Balaban J connectivity index is 2.42. The summed E-state index contributed by atoms with van der Waals surface area (Å²) in [5, 5.41) is 0. The first kappa shape index (κ1) is 11.9. The van der Waals surface area contributed by atoms with Crippen molar-refractivity contribution in [2.45, 2.75) is 6.54 Å². The number of hydrogen-bond acceptors (Lipinski definition) is 2. The standard InChI is InChI=1S/C12H10BrFN2O/c13-9-4-2-6-16(12(9)17)7-8-3-1-5-10(15)11(8)14/h1-6H,7,15H2. The first-order valence-electron chi connectivity index (χ1n) is 4.97. The van der Waals surface area contributed by atoms with E-state index in [9.17, 15) is 9.18 Å². The monoisotopic (exact) mass is 296 g/mol. The minimum atomic E-state index is -0.473. The van der Waals surface area contributed by atoms with E-state index in [1.54, 1.807) is 30.5 Å². The van der Waals surface area contributed by atoms with Gasteiger partial charge in [0.2, 0.25) is 0 Å². The zero-order valence-electron chi connectivity index (χ0n) is 8.86. The highest BCUT2D eigenvalue weighted by Gasteiger charge is 2.07. The molecule has 0 aliphatic heterocycles. The molecule has 1 heterocycles. The van der Waals surface area contributed by atoms with Gasteiger partial charge in [0.1, 0.15) is 0 Å². The number of aromatic nitrogens is 1. The zero-order valence-corrected chi connectivity index (χ0v) is 10.4. The highest BCUT2D eigenvalue weighted by molar-refractivity contribution is 9.10. The predicted octanol–water partition coefficient (Wildman–Crippen LogP) is 2.38. The Morgan fingerprint density at radius 1 is 1.29 bits per heavy atom. The molecule has 0 atom stereocenters. The largest absolute Gasteiger partial charge is 0.396 e. The van der Waals surface area contributed by atoms with Crippen molar-refractivity contribution in [3.05, 3.63) is 62.7 Å². The van der Waals surface area contributed by atoms with Crippen molar-refractivity contribution in [3.8, 4) is 0 Å². The summed E-state index contributed by atoms with van der Waals surface area (Å²) in [7, 11) is 0. The van der Waals surface area contributed by atoms with Gasteiger partial charge in [0, 0.05) is 11.8 Å². The van der Waals surface area contributed by atoms with Gasteiger partial charge < -0.3 is 10.3 Å². The van der Waals surface area contributed by atoms with Gasteiger partial charge in [0.05, 0.1) is 16.7 Å². The van der Waals surface area contributed by atoms with Crippen molar-refractivity contribution in [3.63, 3.8) is 0 Å². The van der Waals surface area contributed by atoms with E-state index in [0.717, 1.165) is 0 Å². The zero-order chi connectivity index (χ0) is 12.4. The van der Waals surface area contributed by atoms with E-state index >= 15 is 0 Å². The van der Waals surface area contributed by atoms with E-state index in [1.807, 2.05) is 0 Å². The minimum absolute atomic E-state index is 0.0885. The lowest BCUT2D eigenvalue weighted by Crippen LogP contribution is -2.20. The van der Waals surface area contributed by atoms with Gasteiger partial charge in [-0.1, -0.05) is 12.1 Å². The molecule has 2 aromatic rings. The Kier molecular flexibility index (Phi) is 3.28. The number of rotatable bonds is 2. The molecule has 1 aromatic carbocycles. The van der Waals surface area contributed by atoms with Crippen LogP contribution in [0.4, 0.5) is 10.1 Å². The molecule has 1 aromatic heterocycles. The maximum absolute atomic E-state index is 13.7. The number of hydrogen-bond donors (Lipinski definition) is 1. The Morgan fingerprint density at radius 2 is 2.06 bits per heavy atom. The van der Waals surface area contributed by atoms with Crippen molar-refractivity contribution in [2.24, 2.45) is 0 Å². The van der Waals surface area contributed by atoms with Gasteiger partial charge in [0.25, 0.3) is 5.56 Å². The van der Waals surface area contributed by atoms with Gasteiger partial charge in [0.15, 0.2) is 5.82 Å². The summed E-state index contributed by atoms with van der Waals surface area (Å²) >= 11 is 3.14. The lowest BCUT2D eigenvalue weighted by Gasteiger charge is -2.08. The van der Waals surface area contributed by atoms with Crippen LogP contribution in [0.15, 0.2) is 45.8 Å². The van der Waals surface area contributed by atoms with Crippen LogP contribution in [0.3, 0.4) is 0 Å². The molecule has 0 saturated carbocycles.